The molecule has 0 rings (SSSR count). The van der Waals surface area contributed by atoms with Gasteiger partial charge in [-0.25, -0.2) is 8.93 Å². The number of nitrogens with one attached hydrogen (secondary N) is 1. The van der Waals surface area contributed by atoms with Crippen LogP contribution in [0, 0.1) is 0 Å². The molecule has 0 aromatic rings. The van der Waals surface area contributed by atoms with Crippen LogP contribution in [-0.4, -0.2) is 20.1 Å². The zero-order valence-corrected chi connectivity index (χ0v) is 6.13. The van der Waals surface area contributed by atoms with E-state index in [4.69, 9.17) is 27.8 Å². The lowest BCUT2D eigenvalue weighted by atomic mass is 10.8. The van der Waals surface area contributed by atoms with Gasteiger partial charge in [-0.3, -0.25) is 4.55 Å². The number of hydrogen-bond donors (Lipinski definition) is 2. The van der Waals surface area contributed by atoms with E-state index in [9.17, 15) is 4.21 Å². The first-order chi connectivity index (χ1) is 3.63. The first kappa shape index (κ1) is 8.65. The fraction of sp³-hybridized carbons (Fsp3) is 1.00. The maximum absolute atomic E-state index is 9.79. The minimum Gasteiger partial charge on any atom is -0.294 e. The Morgan fingerprint density at radius 2 is 2.25 bits per heavy atom. The second-order valence-corrected chi connectivity index (χ2v) is 3.05. The van der Waals surface area contributed by atoms with Crippen molar-refractivity contribution < 1.29 is 8.76 Å². The minimum absolute atomic E-state index is 0.117. The van der Waals surface area contributed by atoms with Crippen molar-refractivity contribution in [1.82, 2.24) is 4.72 Å². The maximum atomic E-state index is 9.79. The third kappa shape index (κ3) is 6.65. The van der Waals surface area contributed by atoms with Crippen LogP contribution in [0.2, 0.25) is 0 Å². The molecular weight excluding hydrogens is 173 g/mol. The Morgan fingerprint density at radius 1 is 1.75 bits per heavy atom. The summed E-state index contributed by atoms with van der Waals surface area (Å²) < 4.78 is 19.9. The number of rotatable bonds is 3. The normalized spacial score (nSPS) is 14.5. The third-order valence-corrected chi connectivity index (χ3v) is 1.08. The molecule has 0 aliphatic heterocycles. The Labute approximate surface area is 59.8 Å². The molecule has 50 valence electrons. The van der Waals surface area contributed by atoms with Crippen LogP contribution in [0.5, 0.6) is 0 Å². The van der Waals surface area contributed by atoms with Crippen LogP contribution in [-0.2, 0) is 11.3 Å². The van der Waals surface area contributed by atoms with E-state index in [0.717, 1.165) is 0 Å². The molecule has 0 aliphatic rings. The zero-order chi connectivity index (χ0) is 6.57. The van der Waals surface area contributed by atoms with Gasteiger partial charge < -0.3 is 0 Å². The van der Waals surface area contributed by atoms with Gasteiger partial charge in [-0.15, -0.1) is 23.2 Å². The molecule has 1 atom stereocenters. The van der Waals surface area contributed by atoms with Crippen LogP contribution < -0.4 is 4.72 Å². The Kier molecular flexibility index (Phi) is 4.89. The summed E-state index contributed by atoms with van der Waals surface area (Å²) in [6, 6.07) is 0. The van der Waals surface area contributed by atoms with E-state index >= 15 is 0 Å². The van der Waals surface area contributed by atoms with Crippen molar-refractivity contribution in [2.75, 3.05) is 6.54 Å². The van der Waals surface area contributed by atoms with Crippen molar-refractivity contribution in [3.63, 3.8) is 0 Å². The van der Waals surface area contributed by atoms with Gasteiger partial charge in [0.1, 0.15) is 4.84 Å². The van der Waals surface area contributed by atoms with E-state index in [2.05, 4.69) is 4.72 Å². The number of hydrogen-bond acceptors (Lipinski definition) is 1. The SMILES string of the molecule is O=S(O)NCC(Cl)Cl. The molecule has 6 heteroatoms. The van der Waals surface area contributed by atoms with Gasteiger partial charge in [-0.2, -0.15) is 0 Å². The predicted octanol–water partition coefficient (Wildman–Crippen LogP) is 0.516. The second kappa shape index (κ2) is 4.52. The lowest BCUT2D eigenvalue weighted by Crippen LogP contribution is -2.21. The highest BCUT2D eigenvalue weighted by atomic mass is 35.5. The summed E-state index contributed by atoms with van der Waals surface area (Å²) in [6.45, 7) is 0.117. The molecule has 8 heavy (non-hydrogen) atoms. The smallest absolute Gasteiger partial charge is 0.231 e. The molecule has 3 nitrogen and oxygen atoms in total. The Balaban J connectivity index is 3.05. The molecule has 1 unspecified atom stereocenters. The minimum atomic E-state index is -2.01. The molecule has 0 amide bonds. The third-order valence-electron chi connectivity index (χ3n) is 0.361. The lowest BCUT2D eigenvalue weighted by molar-refractivity contribution is 0.550. The van der Waals surface area contributed by atoms with Crippen LogP contribution in [0.1, 0.15) is 0 Å². The summed E-state index contributed by atoms with van der Waals surface area (Å²) in [5.74, 6) is 0. The van der Waals surface area contributed by atoms with Crippen molar-refractivity contribution in [2.24, 2.45) is 0 Å². The fourth-order valence-corrected chi connectivity index (χ4v) is 0.781. The second-order valence-electron chi connectivity index (χ2n) is 0.989. The monoisotopic (exact) mass is 177 g/mol. The Hall–Kier alpha value is 0.650. The molecule has 0 bridgehead atoms. The lowest BCUT2D eigenvalue weighted by Gasteiger charge is -1.96. The molecule has 0 heterocycles. The van der Waals surface area contributed by atoms with E-state index in [1.807, 2.05) is 0 Å². The van der Waals surface area contributed by atoms with E-state index in [1.165, 1.54) is 0 Å². The maximum Gasteiger partial charge on any atom is 0.231 e. The van der Waals surface area contributed by atoms with Crippen LogP contribution in [0.15, 0.2) is 0 Å². The highest BCUT2D eigenvalue weighted by Gasteiger charge is 1.97. The summed E-state index contributed by atoms with van der Waals surface area (Å²) in [4.78, 5) is -0.633. The van der Waals surface area contributed by atoms with Gasteiger partial charge in [0.25, 0.3) is 0 Å². The van der Waals surface area contributed by atoms with Gasteiger partial charge in [0, 0.05) is 6.54 Å². The highest BCUT2D eigenvalue weighted by molar-refractivity contribution is 7.77. The van der Waals surface area contributed by atoms with E-state index in [1.54, 1.807) is 0 Å². The molecule has 0 fully saturated rings. The molecule has 0 aromatic heterocycles. The molecule has 0 saturated carbocycles. The van der Waals surface area contributed by atoms with Crippen LogP contribution in [0.4, 0.5) is 0 Å². The van der Waals surface area contributed by atoms with Crippen molar-refractivity contribution >= 4 is 34.5 Å². The van der Waals surface area contributed by atoms with E-state index in [-0.39, 0.29) is 6.54 Å². The topological polar surface area (TPSA) is 49.3 Å². The molecule has 0 aliphatic carbocycles. The van der Waals surface area contributed by atoms with Crippen molar-refractivity contribution in [3.8, 4) is 0 Å². The number of alkyl halides is 2. The first-order valence-electron chi connectivity index (χ1n) is 1.75. The first-order valence-corrected chi connectivity index (χ1v) is 3.73. The summed E-state index contributed by atoms with van der Waals surface area (Å²) in [6.07, 6.45) is 0. The van der Waals surface area contributed by atoms with E-state index in [0.29, 0.717) is 0 Å². The van der Waals surface area contributed by atoms with Gasteiger partial charge in [-0.05, 0) is 0 Å². The molecule has 0 spiro atoms. The zero-order valence-electron chi connectivity index (χ0n) is 3.80. The van der Waals surface area contributed by atoms with E-state index < -0.39 is 16.1 Å². The molecular formula is C2H5Cl2NO2S. The Morgan fingerprint density at radius 3 is 2.38 bits per heavy atom. The predicted molar refractivity (Wildman–Crippen MR) is 34.3 cm³/mol. The van der Waals surface area contributed by atoms with Gasteiger partial charge in [0.2, 0.25) is 11.3 Å². The molecule has 0 radical (unpaired) electrons. The largest absolute Gasteiger partial charge is 0.294 e. The summed E-state index contributed by atoms with van der Waals surface area (Å²) in [7, 11) is 0. The fourth-order valence-electron chi connectivity index (χ4n) is 0.134. The highest BCUT2D eigenvalue weighted by Crippen LogP contribution is 1.97. The summed E-state index contributed by atoms with van der Waals surface area (Å²) in [5.41, 5.74) is 0. The van der Waals surface area contributed by atoms with Gasteiger partial charge in [0.15, 0.2) is 0 Å². The standard InChI is InChI=1S/C2H5Cl2NO2S/c3-2(4)1-5-8(6)7/h2,5H,1H2,(H,6,7). The van der Waals surface area contributed by atoms with Crippen LogP contribution in [0.25, 0.3) is 0 Å². The van der Waals surface area contributed by atoms with Crippen LogP contribution in [0.3, 0.4) is 0 Å². The summed E-state index contributed by atoms with van der Waals surface area (Å²) in [5, 5.41) is 0. The molecule has 2 N–H and O–H groups in total. The summed E-state index contributed by atoms with van der Waals surface area (Å²) >= 11 is 8.35. The van der Waals surface area contributed by atoms with Crippen molar-refractivity contribution in [2.45, 2.75) is 4.84 Å². The number of halogens is 2. The average Bonchev–Trinajstić information content (AvgIpc) is 1.61. The Bertz CT molecular complexity index is 88.1. The van der Waals surface area contributed by atoms with Gasteiger partial charge in [0.05, 0.1) is 0 Å². The van der Waals surface area contributed by atoms with Gasteiger partial charge >= 0.3 is 0 Å². The quantitative estimate of drug-likeness (QED) is 0.488. The average molecular weight is 178 g/mol. The van der Waals surface area contributed by atoms with Gasteiger partial charge in [-0.1, -0.05) is 0 Å². The molecule has 0 saturated heterocycles. The molecule has 0 aromatic carbocycles. The van der Waals surface area contributed by atoms with Crippen LogP contribution >= 0.6 is 23.2 Å². The van der Waals surface area contributed by atoms with Crippen molar-refractivity contribution in [1.29, 1.82) is 0 Å². The van der Waals surface area contributed by atoms with Crippen molar-refractivity contribution in [3.05, 3.63) is 0 Å².